The van der Waals surface area contributed by atoms with E-state index in [4.69, 9.17) is 5.73 Å². The minimum atomic E-state index is -0.194. The molecule has 1 unspecified atom stereocenters. The summed E-state index contributed by atoms with van der Waals surface area (Å²) >= 11 is 1.97. The largest absolute Gasteiger partial charge is 0.324 e. The molecule has 1 aromatic rings. The molecule has 0 amide bonds. The molecule has 0 saturated carbocycles. The standard InChI is InChI=1S/C8H9FIN/c1-5(11)6-3-2-4-7(9)8(6)10/h2-5H,11H2,1H3. The van der Waals surface area contributed by atoms with Crippen molar-refractivity contribution in [3.63, 3.8) is 0 Å². The zero-order chi connectivity index (χ0) is 8.43. The summed E-state index contributed by atoms with van der Waals surface area (Å²) in [5, 5.41) is 0. The van der Waals surface area contributed by atoms with Crippen molar-refractivity contribution >= 4 is 22.6 Å². The maximum Gasteiger partial charge on any atom is 0.136 e. The van der Waals surface area contributed by atoms with Crippen LogP contribution in [0.15, 0.2) is 18.2 Å². The van der Waals surface area contributed by atoms with E-state index in [1.165, 1.54) is 6.07 Å². The van der Waals surface area contributed by atoms with Crippen molar-refractivity contribution in [2.24, 2.45) is 5.73 Å². The third kappa shape index (κ3) is 1.90. The molecule has 0 saturated heterocycles. The molecule has 0 spiro atoms. The number of benzene rings is 1. The van der Waals surface area contributed by atoms with E-state index in [1.54, 1.807) is 6.07 Å². The first-order valence-electron chi connectivity index (χ1n) is 3.32. The van der Waals surface area contributed by atoms with Gasteiger partial charge in [-0.1, -0.05) is 12.1 Å². The van der Waals surface area contributed by atoms with E-state index in [0.29, 0.717) is 3.57 Å². The summed E-state index contributed by atoms with van der Waals surface area (Å²) in [6.07, 6.45) is 0. The average molecular weight is 265 g/mol. The van der Waals surface area contributed by atoms with Crippen LogP contribution in [0.2, 0.25) is 0 Å². The summed E-state index contributed by atoms with van der Waals surface area (Å²) in [7, 11) is 0. The van der Waals surface area contributed by atoms with E-state index in [0.717, 1.165) is 5.56 Å². The molecule has 11 heavy (non-hydrogen) atoms. The lowest BCUT2D eigenvalue weighted by molar-refractivity contribution is 0.613. The Morgan fingerprint density at radius 1 is 1.55 bits per heavy atom. The van der Waals surface area contributed by atoms with Gasteiger partial charge < -0.3 is 5.73 Å². The van der Waals surface area contributed by atoms with Crippen molar-refractivity contribution < 1.29 is 4.39 Å². The quantitative estimate of drug-likeness (QED) is 0.775. The molecule has 0 radical (unpaired) electrons. The van der Waals surface area contributed by atoms with Crippen LogP contribution in [0.1, 0.15) is 18.5 Å². The smallest absolute Gasteiger partial charge is 0.136 e. The minimum Gasteiger partial charge on any atom is -0.324 e. The monoisotopic (exact) mass is 265 g/mol. The summed E-state index contributed by atoms with van der Waals surface area (Å²) in [6, 6.07) is 4.86. The maximum atomic E-state index is 12.9. The summed E-state index contributed by atoms with van der Waals surface area (Å²) in [5.41, 5.74) is 6.48. The highest BCUT2D eigenvalue weighted by Gasteiger charge is 2.07. The van der Waals surface area contributed by atoms with Gasteiger partial charge in [-0.05, 0) is 41.1 Å². The van der Waals surface area contributed by atoms with Gasteiger partial charge in [0, 0.05) is 6.04 Å². The van der Waals surface area contributed by atoms with Gasteiger partial charge in [0.25, 0.3) is 0 Å². The van der Waals surface area contributed by atoms with Gasteiger partial charge in [0.05, 0.1) is 3.57 Å². The lowest BCUT2D eigenvalue weighted by Crippen LogP contribution is -2.07. The van der Waals surface area contributed by atoms with Crippen molar-refractivity contribution in [3.8, 4) is 0 Å². The minimum absolute atomic E-state index is 0.0994. The second kappa shape index (κ2) is 3.49. The number of halogens is 2. The fraction of sp³-hybridized carbons (Fsp3) is 0.250. The Labute approximate surface area is 78.9 Å². The molecular formula is C8H9FIN. The molecule has 0 bridgehead atoms. The number of hydrogen-bond acceptors (Lipinski definition) is 1. The van der Waals surface area contributed by atoms with Gasteiger partial charge in [-0.2, -0.15) is 0 Å². The van der Waals surface area contributed by atoms with Gasteiger partial charge in [0.2, 0.25) is 0 Å². The lowest BCUT2D eigenvalue weighted by Gasteiger charge is -2.07. The molecule has 0 heterocycles. The topological polar surface area (TPSA) is 26.0 Å². The van der Waals surface area contributed by atoms with Crippen LogP contribution in [-0.4, -0.2) is 0 Å². The first-order chi connectivity index (χ1) is 5.13. The van der Waals surface area contributed by atoms with Crippen LogP contribution in [0.25, 0.3) is 0 Å². The molecule has 0 aliphatic carbocycles. The number of hydrogen-bond donors (Lipinski definition) is 1. The Morgan fingerprint density at radius 2 is 2.18 bits per heavy atom. The van der Waals surface area contributed by atoms with Crippen molar-refractivity contribution in [2.45, 2.75) is 13.0 Å². The molecule has 1 aromatic carbocycles. The summed E-state index contributed by atoms with van der Waals surface area (Å²) in [4.78, 5) is 0. The predicted molar refractivity (Wildman–Crippen MR) is 51.7 cm³/mol. The van der Waals surface area contributed by atoms with E-state index in [1.807, 2.05) is 35.6 Å². The highest BCUT2D eigenvalue weighted by molar-refractivity contribution is 14.1. The van der Waals surface area contributed by atoms with Crippen LogP contribution in [-0.2, 0) is 0 Å². The molecule has 1 atom stereocenters. The van der Waals surface area contributed by atoms with Crippen LogP contribution in [0.4, 0.5) is 4.39 Å². The molecule has 0 aliphatic rings. The molecule has 0 fully saturated rings. The van der Waals surface area contributed by atoms with E-state index < -0.39 is 0 Å². The summed E-state index contributed by atoms with van der Waals surface area (Å²) in [5.74, 6) is -0.194. The van der Waals surface area contributed by atoms with Gasteiger partial charge in [-0.25, -0.2) is 4.39 Å². The molecule has 1 rings (SSSR count). The maximum absolute atomic E-state index is 12.9. The van der Waals surface area contributed by atoms with Crippen molar-refractivity contribution in [1.82, 2.24) is 0 Å². The van der Waals surface area contributed by atoms with Crippen molar-refractivity contribution in [3.05, 3.63) is 33.1 Å². The zero-order valence-corrected chi connectivity index (χ0v) is 8.30. The van der Waals surface area contributed by atoms with Crippen LogP contribution >= 0.6 is 22.6 Å². The molecule has 1 nitrogen and oxygen atoms in total. The first-order valence-corrected chi connectivity index (χ1v) is 4.40. The predicted octanol–water partition coefficient (Wildman–Crippen LogP) is 2.45. The fourth-order valence-electron chi connectivity index (χ4n) is 0.872. The average Bonchev–Trinajstić information content (AvgIpc) is 1.94. The lowest BCUT2D eigenvalue weighted by atomic mass is 10.1. The number of nitrogens with two attached hydrogens (primary N) is 1. The summed E-state index contributed by atoms with van der Waals surface area (Å²) in [6.45, 7) is 1.84. The van der Waals surface area contributed by atoms with Crippen LogP contribution < -0.4 is 5.73 Å². The molecule has 0 aliphatic heterocycles. The second-order valence-corrected chi connectivity index (χ2v) is 3.51. The van der Waals surface area contributed by atoms with Gasteiger partial charge in [-0.15, -0.1) is 0 Å². The van der Waals surface area contributed by atoms with E-state index in [2.05, 4.69) is 0 Å². The van der Waals surface area contributed by atoms with Gasteiger partial charge in [0.1, 0.15) is 5.82 Å². The third-order valence-electron chi connectivity index (χ3n) is 1.47. The second-order valence-electron chi connectivity index (χ2n) is 2.43. The normalized spacial score (nSPS) is 13.1. The number of rotatable bonds is 1. The SMILES string of the molecule is CC(N)c1cccc(F)c1I. The Morgan fingerprint density at radius 3 is 2.64 bits per heavy atom. The molecule has 2 N–H and O–H groups in total. The van der Waals surface area contributed by atoms with Gasteiger partial charge in [0.15, 0.2) is 0 Å². The van der Waals surface area contributed by atoms with Crippen LogP contribution in [0, 0.1) is 9.39 Å². The van der Waals surface area contributed by atoms with Gasteiger partial charge >= 0.3 is 0 Å². The Balaban J connectivity index is 3.17. The Bertz CT molecular complexity index is 260. The molecule has 3 heteroatoms. The van der Waals surface area contributed by atoms with E-state index >= 15 is 0 Å². The van der Waals surface area contributed by atoms with Crippen molar-refractivity contribution in [1.29, 1.82) is 0 Å². The highest BCUT2D eigenvalue weighted by Crippen LogP contribution is 2.20. The van der Waals surface area contributed by atoms with E-state index in [9.17, 15) is 4.39 Å². The fourth-order valence-corrected chi connectivity index (χ4v) is 1.72. The molecular weight excluding hydrogens is 256 g/mol. The van der Waals surface area contributed by atoms with E-state index in [-0.39, 0.29) is 11.9 Å². The zero-order valence-electron chi connectivity index (χ0n) is 6.14. The first kappa shape index (κ1) is 8.93. The van der Waals surface area contributed by atoms with Crippen molar-refractivity contribution in [2.75, 3.05) is 0 Å². The molecule has 60 valence electrons. The molecule has 0 aromatic heterocycles. The highest BCUT2D eigenvalue weighted by atomic mass is 127. The Kier molecular flexibility index (Phi) is 2.84. The van der Waals surface area contributed by atoms with Crippen LogP contribution in [0.5, 0.6) is 0 Å². The summed E-state index contributed by atoms with van der Waals surface area (Å²) < 4.78 is 13.5. The van der Waals surface area contributed by atoms with Crippen LogP contribution in [0.3, 0.4) is 0 Å². The third-order valence-corrected chi connectivity index (χ3v) is 2.61. The Hall–Kier alpha value is -0.160. The van der Waals surface area contributed by atoms with Gasteiger partial charge in [-0.3, -0.25) is 0 Å².